The predicted molar refractivity (Wildman–Crippen MR) is 112 cm³/mol. The first-order valence-corrected chi connectivity index (χ1v) is 10.6. The lowest BCUT2D eigenvalue weighted by Crippen LogP contribution is -2.39. The first-order chi connectivity index (χ1) is 13.2. The van der Waals surface area contributed by atoms with Crippen LogP contribution in [0.3, 0.4) is 0 Å². The number of carbonyl (C=O) groups is 1. The van der Waals surface area contributed by atoms with Gasteiger partial charge in [0.15, 0.2) is 5.82 Å². The summed E-state index contributed by atoms with van der Waals surface area (Å²) >= 11 is 0. The highest BCUT2D eigenvalue weighted by Crippen LogP contribution is 2.46. The quantitative estimate of drug-likeness (QED) is 0.571. The number of imidazole rings is 1. The molecule has 0 aromatic carbocycles. The predicted octanol–water partition coefficient (Wildman–Crippen LogP) is 3.53. The molecule has 1 aliphatic heterocycles. The number of aromatic nitrogens is 2. The van der Waals surface area contributed by atoms with Crippen LogP contribution in [-0.4, -0.2) is 46.0 Å². The summed E-state index contributed by atoms with van der Waals surface area (Å²) in [6, 6.07) is 0.349. The second kappa shape index (κ2) is 7.76. The summed E-state index contributed by atoms with van der Waals surface area (Å²) in [6.45, 7) is 12.2. The lowest BCUT2D eigenvalue weighted by Gasteiger charge is -2.39. The standard InChI is InChI=1S/C21H35N5O2/c1-6-11-22-16-15(17-23-12-14(24-17)13(2)3)25-18(26-16)20(4)7-9-21(5,10-8-20)19(27)28/h13-14,22H,6-12H2,1-5H3,(H,23,24)(H,25,26)(H,27,28)/t14-,20?,21?/m0/s1. The highest BCUT2D eigenvalue weighted by atomic mass is 16.4. The Labute approximate surface area is 167 Å². The van der Waals surface area contributed by atoms with Crippen LogP contribution in [0.15, 0.2) is 4.99 Å². The van der Waals surface area contributed by atoms with Crippen LogP contribution in [0.5, 0.6) is 0 Å². The van der Waals surface area contributed by atoms with Gasteiger partial charge in [0.1, 0.15) is 17.4 Å². The van der Waals surface area contributed by atoms with Crippen molar-refractivity contribution in [3.8, 4) is 0 Å². The minimum absolute atomic E-state index is 0.146. The molecule has 0 radical (unpaired) electrons. The average molecular weight is 390 g/mol. The van der Waals surface area contributed by atoms with E-state index in [2.05, 4.69) is 43.3 Å². The summed E-state index contributed by atoms with van der Waals surface area (Å²) < 4.78 is 0. The Balaban J connectivity index is 1.85. The Morgan fingerprint density at radius 1 is 1.29 bits per heavy atom. The van der Waals surface area contributed by atoms with E-state index >= 15 is 0 Å². The van der Waals surface area contributed by atoms with E-state index in [1.807, 2.05) is 6.92 Å². The van der Waals surface area contributed by atoms with Crippen LogP contribution in [0.1, 0.15) is 78.2 Å². The van der Waals surface area contributed by atoms with Crippen molar-refractivity contribution in [3.05, 3.63) is 11.5 Å². The molecule has 7 nitrogen and oxygen atoms in total. The molecule has 0 saturated heterocycles. The smallest absolute Gasteiger partial charge is 0.309 e. The van der Waals surface area contributed by atoms with E-state index < -0.39 is 11.4 Å². The third kappa shape index (κ3) is 3.89. The Morgan fingerprint density at radius 2 is 1.96 bits per heavy atom. The van der Waals surface area contributed by atoms with Crippen molar-refractivity contribution in [1.29, 1.82) is 0 Å². The number of nitrogens with one attached hydrogen (secondary N) is 3. The van der Waals surface area contributed by atoms with Gasteiger partial charge in [-0.1, -0.05) is 27.7 Å². The highest BCUT2D eigenvalue weighted by molar-refractivity contribution is 6.02. The van der Waals surface area contributed by atoms with Gasteiger partial charge in [0.05, 0.1) is 12.0 Å². The molecule has 28 heavy (non-hydrogen) atoms. The monoisotopic (exact) mass is 389 g/mol. The number of hydrogen-bond acceptors (Lipinski definition) is 5. The zero-order chi connectivity index (χ0) is 20.5. The largest absolute Gasteiger partial charge is 0.481 e. The van der Waals surface area contributed by atoms with Crippen LogP contribution in [0.4, 0.5) is 5.82 Å². The molecule has 1 saturated carbocycles. The number of H-pyrrole nitrogens is 1. The number of amidine groups is 1. The summed E-state index contributed by atoms with van der Waals surface area (Å²) in [4.78, 5) is 24.8. The Kier molecular flexibility index (Phi) is 5.73. The number of aliphatic imine (C=N–C) groups is 1. The molecule has 4 N–H and O–H groups in total. The highest BCUT2D eigenvalue weighted by Gasteiger charge is 2.44. The summed E-state index contributed by atoms with van der Waals surface area (Å²) in [5, 5.41) is 16.5. The van der Waals surface area contributed by atoms with Gasteiger partial charge in [0.25, 0.3) is 0 Å². The number of rotatable bonds is 7. The van der Waals surface area contributed by atoms with Crippen molar-refractivity contribution < 1.29 is 9.90 Å². The molecule has 7 heteroatoms. The van der Waals surface area contributed by atoms with E-state index in [4.69, 9.17) is 9.98 Å². The van der Waals surface area contributed by atoms with Crippen LogP contribution in [0.2, 0.25) is 0 Å². The second-order valence-corrected chi connectivity index (χ2v) is 9.35. The minimum atomic E-state index is -0.691. The van der Waals surface area contributed by atoms with E-state index in [1.165, 1.54) is 0 Å². The topological polar surface area (TPSA) is 102 Å². The fourth-order valence-corrected chi connectivity index (χ4v) is 3.99. The zero-order valence-corrected chi connectivity index (χ0v) is 17.9. The minimum Gasteiger partial charge on any atom is -0.481 e. The van der Waals surface area contributed by atoms with Crippen molar-refractivity contribution in [1.82, 2.24) is 15.3 Å². The number of carboxylic acid groups (broad SMARTS) is 1. The molecule has 0 amide bonds. The van der Waals surface area contributed by atoms with Crippen LogP contribution in [0, 0.1) is 11.3 Å². The first-order valence-electron chi connectivity index (χ1n) is 10.6. The SMILES string of the molecule is CCCNc1nc(C2(C)CCC(C)(C(=O)O)CC2)[nH]c1C1=NC[C@@H](C(C)C)N1. The maximum Gasteiger partial charge on any atom is 0.309 e. The Morgan fingerprint density at radius 3 is 2.50 bits per heavy atom. The molecule has 0 bridgehead atoms. The zero-order valence-electron chi connectivity index (χ0n) is 17.9. The molecule has 156 valence electrons. The Hall–Kier alpha value is -2.05. The van der Waals surface area contributed by atoms with Gasteiger partial charge in [-0.2, -0.15) is 0 Å². The van der Waals surface area contributed by atoms with E-state index in [0.717, 1.165) is 55.5 Å². The van der Waals surface area contributed by atoms with Gasteiger partial charge in [0, 0.05) is 18.0 Å². The van der Waals surface area contributed by atoms with E-state index in [-0.39, 0.29) is 5.41 Å². The fraction of sp³-hybridized carbons (Fsp3) is 0.762. The first kappa shape index (κ1) is 20.7. The lowest BCUT2D eigenvalue weighted by molar-refractivity contribution is -0.150. The third-order valence-electron chi connectivity index (χ3n) is 6.60. The molecule has 2 aliphatic rings. The van der Waals surface area contributed by atoms with Crippen molar-refractivity contribution >= 4 is 17.6 Å². The summed E-state index contributed by atoms with van der Waals surface area (Å²) in [5.74, 6) is 2.49. The molecule has 0 unspecified atom stereocenters. The number of hydrogen-bond donors (Lipinski definition) is 4. The van der Waals surface area contributed by atoms with Crippen LogP contribution >= 0.6 is 0 Å². The lowest BCUT2D eigenvalue weighted by atomic mass is 9.65. The van der Waals surface area contributed by atoms with Gasteiger partial charge in [-0.3, -0.25) is 9.79 Å². The van der Waals surface area contributed by atoms with Crippen LogP contribution < -0.4 is 10.6 Å². The molecule has 3 rings (SSSR count). The molecule has 1 fully saturated rings. The maximum absolute atomic E-state index is 11.6. The van der Waals surface area contributed by atoms with E-state index in [9.17, 15) is 9.90 Å². The van der Waals surface area contributed by atoms with Gasteiger partial charge in [-0.05, 0) is 44.9 Å². The van der Waals surface area contributed by atoms with Gasteiger partial charge in [-0.25, -0.2) is 4.98 Å². The van der Waals surface area contributed by atoms with Crippen molar-refractivity contribution in [2.75, 3.05) is 18.4 Å². The van der Waals surface area contributed by atoms with Gasteiger partial charge in [-0.15, -0.1) is 0 Å². The van der Waals surface area contributed by atoms with Crippen molar-refractivity contribution in [3.63, 3.8) is 0 Å². The number of carboxylic acids is 1. The van der Waals surface area contributed by atoms with Gasteiger partial charge in [0.2, 0.25) is 0 Å². The fourth-order valence-electron chi connectivity index (χ4n) is 3.99. The molecule has 1 aromatic heterocycles. The molecular formula is C21H35N5O2. The number of nitrogens with zero attached hydrogens (tertiary/aromatic N) is 2. The maximum atomic E-state index is 11.6. The molecule has 1 aliphatic carbocycles. The summed E-state index contributed by atoms with van der Waals surface area (Å²) in [7, 11) is 0. The number of aliphatic carboxylic acids is 1. The van der Waals surface area contributed by atoms with Crippen LogP contribution in [-0.2, 0) is 10.2 Å². The average Bonchev–Trinajstić information content (AvgIpc) is 3.29. The normalized spacial score (nSPS) is 30.2. The van der Waals surface area contributed by atoms with E-state index in [1.54, 1.807) is 0 Å². The number of aromatic amines is 1. The third-order valence-corrected chi connectivity index (χ3v) is 6.60. The van der Waals surface area contributed by atoms with Crippen molar-refractivity contribution in [2.45, 2.75) is 78.2 Å². The Bertz CT molecular complexity index is 744. The van der Waals surface area contributed by atoms with E-state index in [0.29, 0.717) is 24.8 Å². The molecule has 0 spiro atoms. The molecule has 1 atom stereocenters. The summed E-state index contributed by atoms with van der Waals surface area (Å²) in [6.07, 6.45) is 3.97. The summed E-state index contributed by atoms with van der Waals surface area (Å²) in [5.41, 5.74) is 0.158. The molecular weight excluding hydrogens is 354 g/mol. The van der Waals surface area contributed by atoms with Gasteiger partial charge < -0.3 is 20.7 Å². The second-order valence-electron chi connectivity index (χ2n) is 9.35. The van der Waals surface area contributed by atoms with Crippen molar-refractivity contribution in [2.24, 2.45) is 16.3 Å². The molecule has 1 aromatic rings. The number of anilines is 1. The molecule has 2 heterocycles. The van der Waals surface area contributed by atoms with Gasteiger partial charge >= 0.3 is 5.97 Å². The van der Waals surface area contributed by atoms with Crippen LogP contribution in [0.25, 0.3) is 0 Å².